The van der Waals surface area contributed by atoms with Crippen molar-refractivity contribution in [3.63, 3.8) is 0 Å². The number of benzene rings is 2. The van der Waals surface area contributed by atoms with Crippen molar-refractivity contribution in [1.82, 2.24) is 15.1 Å². The van der Waals surface area contributed by atoms with Gasteiger partial charge in [0, 0.05) is 0 Å². The van der Waals surface area contributed by atoms with E-state index in [4.69, 9.17) is 14.2 Å². The van der Waals surface area contributed by atoms with Gasteiger partial charge in [-0.2, -0.15) is 18.3 Å². The first-order chi connectivity index (χ1) is 16.2. The van der Waals surface area contributed by atoms with Crippen LogP contribution in [0, 0.1) is 6.92 Å². The first-order valence-electron chi connectivity index (χ1n) is 10.1. The molecule has 0 aliphatic rings. The van der Waals surface area contributed by atoms with Crippen LogP contribution in [0.3, 0.4) is 0 Å². The number of hydrogen-bond donors (Lipinski definition) is 1. The fourth-order valence-electron chi connectivity index (χ4n) is 2.92. The number of carbonyl (C=O) groups excluding carboxylic acids is 2. The summed E-state index contributed by atoms with van der Waals surface area (Å²) in [5.74, 6) is -0.871. The van der Waals surface area contributed by atoms with Crippen LogP contribution in [-0.2, 0) is 15.7 Å². The van der Waals surface area contributed by atoms with Crippen molar-refractivity contribution in [2.75, 3.05) is 26.9 Å². The van der Waals surface area contributed by atoms with Crippen LogP contribution >= 0.6 is 0 Å². The molecule has 3 aromatic rings. The van der Waals surface area contributed by atoms with E-state index >= 15 is 0 Å². The third kappa shape index (κ3) is 6.50. The zero-order valence-corrected chi connectivity index (χ0v) is 18.4. The van der Waals surface area contributed by atoms with E-state index in [0.717, 1.165) is 22.4 Å². The number of aromatic nitrogens is 2. The molecule has 0 saturated heterocycles. The molecule has 1 heterocycles. The second-order valence-electron chi connectivity index (χ2n) is 7.13. The van der Waals surface area contributed by atoms with Crippen LogP contribution in [0.4, 0.5) is 13.2 Å². The summed E-state index contributed by atoms with van der Waals surface area (Å²) in [6, 6.07) is 11.8. The number of nitrogens with one attached hydrogen (secondary N) is 1. The Labute approximate surface area is 193 Å². The molecule has 11 heteroatoms. The molecule has 1 amide bonds. The second kappa shape index (κ2) is 10.7. The third-order valence-electron chi connectivity index (χ3n) is 4.55. The maximum Gasteiger partial charge on any atom is 0.416 e. The van der Waals surface area contributed by atoms with Crippen molar-refractivity contribution in [2.24, 2.45) is 0 Å². The minimum absolute atomic E-state index is 0.0191. The molecule has 0 fully saturated rings. The number of hydrogen-bond acceptors (Lipinski definition) is 6. The molecule has 0 radical (unpaired) electrons. The fraction of sp³-hybridized carbons (Fsp3) is 0.261. The summed E-state index contributed by atoms with van der Waals surface area (Å²) in [4.78, 5) is 24.3. The summed E-state index contributed by atoms with van der Waals surface area (Å²) in [5.41, 5.74) is -0.0416. The zero-order chi connectivity index (χ0) is 24.7. The van der Waals surface area contributed by atoms with E-state index in [1.54, 1.807) is 6.07 Å². The summed E-state index contributed by atoms with van der Waals surface area (Å²) in [6.45, 7) is 1.76. The molecule has 0 saturated carbocycles. The van der Waals surface area contributed by atoms with Gasteiger partial charge in [0.2, 0.25) is 5.69 Å². The Morgan fingerprint density at radius 1 is 1.12 bits per heavy atom. The number of carbonyl (C=O) groups is 2. The molecule has 0 aliphatic heterocycles. The Bertz CT molecular complexity index is 1160. The average molecular weight is 477 g/mol. The lowest BCUT2D eigenvalue weighted by atomic mass is 10.2. The number of alkyl halides is 3. The van der Waals surface area contributed by atoms with Crippen molar-refractivity contribution < 1.29 is 37.0 Å². The molecule has 1 aromatic heterocycles. The monoisotopic (exact) mass is 477 g/mol. The van der Waals surface area contributed by atoms with Gasteiger partial charge in [-0.15, -0.1) is 0 Å². The molecular weight excluding hydrogens is 455 g/mol. The van der Waals surface area contributed by atoms with E-state index in [1.165, 1.54) is 25.4 Å². The average Bonchev–Trinajstić information content (AvgIpc) is 3.25. The number of methoxy groups -OCH3 is 1. The lowest BCUT2D eigenvalue weighted by Crippen LogP contribution is -2.32. The van der Waals surface area contributed by atoms with Gasteiger partial charge in [-0.3, -0.25) is 4.79 Å². The van der Waals surface area contributed by atoms with E-state index in [0.29, 0.717) is 5.75 Å². The van der Waals surface area contributed by atoms with Crippen molar-refractivity contribution in [3.8, 4) is 17.2 Å². The Balaban J connectivity index is 1.54. The fourth-order valence-corrected chi connectivity index (χ4v) is 2.92. The number of esters is 1. The number of halogens is 3. The highest BCUT2D eigenvalue weighted by atomic mass is 19.4. The number of amides is 1. The minimum atomic E-state index is -4.53. The van der Waals surface area contributed by atoms with E-state index < -0.39 is 30.2 Å². The van der Waals surface area contributed by atoms with Crippen LogP contribution in [-0.4, -0.2) is 48.5 Å². The van der Waals surface area contributed by atoms with Gasteiger partial charge >= 0.3 is 12.1 Å². The smallest absolute Gasteiger partial charge is 0.416 e. The summed E-state index contributed by atoms with van der Waals surface area (Å²) < 4.78 is 55.6. The van der Waals surface area contributed by atoms with E-state index in [-0.39, 0.29) is 30.3 Å². The molecule has 0 atom stereocenters. The van der Waals surface area contributed by atoms with Crippen LogP contribution in [0.25, 0.3) is 5.69 Å². The first kappa shape index (κ1) is 24.6. The predicted molar refractivity (Wildman–Crippen MR) is 115 cm³/mol. The number of rotatable bonds is 9. The topological polar surface area (TPSA) is 91.7 Å². The second-order valence-corrected chi connectivity index (χ2v) is 7.13. The molecule has 8 nitrogen and oxygen atoms in total. The van der Waals surface area contributed by atoms with E-state index in [1.807, 2.05) is 25.1 Å². The molecule has 3 rings (SSSR count). The highest BCUT2D eigenvalue weighted by Gasteiger charge is 2.31. The molecule has 180 valence electrons. The molecule has 0 aliphatic carbocycles. The van der Waals surface area contributed by atoms with Gasteiger partial charge in [-0.1, -0.05) is 18.2 Å². The number of ether oxygens (including phenoxy) is 3. The Morgan fingerprint density at radius 3 is 2.59 bits per heavy atom. The molecule has 2 aromatic carbocycles. The van der Waals surface area contributed by atoms with Gasteiger partial charge in [0.1, 0.15) is 12.4 Å². The maximum absolute atomic E-state index is 13.0. The van der Waals surface area contributed by atoms with Gasteiger partial charge in [-0.25, -0.2) is 9.48 Å². The summed E-state index contributed by atoms with van der Waals surface area (Å²) in [5, 5.41) is 6.52. The number of nitrogens with zero attached hydrogens (tertiary/aromatic N) is 2. The van der Waals surface area contributed by atoms with Crippen molar-refractivity contribution in [1.29, 1.82) is 0 Å². The standard InChI is InChI=1S/C23H22F3N3O5/c1-15-5-3-8-18(11-15)33-10-9-27-20(30)14-34-22(31)21-19(32-2)13-29(28-21)17-7-4-6-16(12-17)23(24,25)26/h3-8,11-13H,9-10,14H2,1-2H3,(H,27,30). The summed E-state index contributed by atoms with van der Waals surface area (Å²) in [6.07, 6.45) is -3.29. The molecule has 1 N–H and O–H groups in total. The highest BCUT2D eigenvalue weighted by Crippen LogP contribution is 2.30. The Hall–Kier alpha value is -4.02. The van der Waals surface area contributed by atoms with Crippen molar-refractivity contribution >= 4 is 11.9 Å². The lowest BCUT2D eigenvalue weighted by Gasteiger charge is -2.09. The summed E-state index contributed by atoms with van der Waals surface area (Å²) >= 11 is 0. The van der Waals surface area contributed by atoms with E-state index in [9.17, 15) is 22.8 Å². The molecule has 0 unspecified atom stereocenters. The molecule has 34 heavy (non-hydrogen) atoms. The number of aryl methyl sites for hydroxylation is 1. The first-order valence-corrected chi connectivity index (χ1v) is 10.1. The largest absolute Gasteiger partial charge is 0.493 e. The van der Waals surface area contributed by atoms with Crippen LogP contribution in [0.1, 0.15) is 21.6 Å². The lowest BCUT2D eigenvalue weighted by molar-refractivity contribution is -0.137. The summed E-state index contributed by atoms with van der Waals surface area (Å²) in [7, 11) is 1.27. The van der Waals surface area contributed by atoms with Gasteiger partial charge in [-0.05, 0) is 42.8 Å². The van der Waals surface area contributed by atoms with Crippen LogP contribution in [0.2, 0.25) is 0 Å². The van der Waals surface area contributed by atoms with Gasteiger partial charge in [0.15, 0.2) is 12.4 Å². The SMILES string of the molecule is COc1cn(-c2cccc(C(F)(F)F)c2)nc1C(=O)OCC(=O)NCCOc1cccc(C)c1. The normalized spacial score (nSPS) is 11.1. The molecule has 0 spiro atoms. The van der Waals surface area contributed by atoms with Gasteiger partial charge < -0.3 is 19.5 Å². The highest BCUT2D eigenvalue weighted by molar-refractivity contribution is 5.92. The molecular formula is C23H22F3N3O5. The minimum Gasteiger partial charge on any atom is -0.493 e. The quantitative estimate of drug-likeness (QED) is 0.374. The maximum atomic E-state index is 13.0. The van der Waals surface area contributed by atoms with Gasteiger partial charge in [0.25, 0.3) is 5.91 Å². The van der Waals surface area contributed by atoms with Gasteiger partial charge in [0.05, 0.1) is 31.1 Å². The Kier molecular flexibility index (Phi) is 7.77. The predicted octanol–water partition coefficient (Wildman–Crippen LogP) is 3.56. The van der Waals surface area contributed by atoms with Crippen LogP contribution in [0.5, 0.6) is 11.5 Å². The van der Waals surface area contributed by atoms with E-state index in [2.05, 4.69) is 10.4 Å². The zero-order valence-electron chi connectivity index (χ0n) is 18.4. The van der Waals surface area contributed by atoms with Crippen LogP contribution in [0.15, 0.2) is 54.7 Å². The third-order valence-corrected chi connectivity index (χ3v) is 4.55. The molecule has 0 bridgehead atoms. The van der Waals surface area contributed by atoms with Crippen LogP contribution < -0.4 is 14.8 Å². The van der Waals surface area contributed by atoms with Crippen molar-refractivity contribution in [3.05, 3.63) is 71.5 Å². The van der Waals surface area contributed by atoms with Crippen molar-refractivity contribution in [2.45, 2.75) is 13.1 Å². The Morgan fingerprint density at radius 2 is 1.88 bits per heavy atom.